The number of benzene rings is 2. The minimum absolute atomic E-state index is 0.116. The second kappa shape index (κ2) is 10.7. The van der Waals surface area contributed by atoms with Crippen LogP contribution < -0.4 is 9.47 Å². The number of ether oxygens (including phenoxy) is 4. The van der Waals surface area contributed by atoms with Crippen molar-refractivity contribution >= 4 is 11.5 Å². The van der Waals surface area contributed by atoms with Crippen LogP contribution in [-0.2, 0) is 9.47 Å². The molecular weight excluding hydrogens is 454 g/mol. The highest BCUT2D eigenvalue weighted by atomic mass is 16.6. The Balaban J connectivity index is 1.28. The molecular formula is C25H29N3O7. The van der Waals surface area contributed by atoms with E-state index >= 15 is 0 Å². The van der Waals surface area contributed by atoms with Crippen molar-refractivity contribution in [1.29, 1.82) is 0 Å². The number of morpholine rings is 2. The molecule has 0 aromatic heterocycles. The van der Waals surface area contributed by atoms with Gasteiger partial charge in [-0.2, -0.15) is 0 Å². The summed E-state index contributed by atoms with van der Waals surface area (Å²) in [6.45, 7) is 8.41. The lowest BCUT2D eigenvalue weighted by Crippen LogP contribution is -2.38. The lowest BCUT2D eigenvalue weighted by molar-refractivity contribution is -0.385. The van der Waals surface area contributed by atoms with Crippen LogP contribution in [0.15, 0.2) is 30.3 Å². The number of ketones is 1. The van der Waals surface area contributed by atoms with Gasteiger partial charge >= 0.3 is 5.69 Å². The van der Waals surface area contributed by atoms with E-state index in [9.17, 15) is 14.9 Å². The summed E-state index contributed by atoms with van der Waals surface area (Å²) < 4.78 is 22.4. The Morgan fingerprint density at radius 3 is 2.03 bits per heavy atom. The highest BCUT2D eigenvalue weighted by Gasteiger charge is 2.32. The minimum Gasteiger partial charge on any atom is -0.492 e. The molecule has 35 heavy (non-hydrogen) atoms. The molecule has 0 bridgehead atoms. The molecule has 0 amide bonds. The topological polar surface area (TPSA) is 104 Å². The van der Waals surface area contributed by atoms with Gasteiger partial charge in [0.05, 0.1) is 31.4 Å². The summed E-state index contributed by atoms with van der Waals surface area (Å²) in [5.74, 6) is 0.543. The highest BCUT2D eigenvalue weighted by Crippen LogP contribution is 2.43. The van der Waals surface area contributed by atoms with Gasteiger partial charge in [0.15, 0.2) is 11.5 Å². The molecule has 2 fully saturated rings. The maximum Gasteiger partial charge on any atom is 0.311 e. The molecule has 5 rings (SSSR count). The molecule has 186 valence electrons. The Bertz CT molecular complexity index is 1090. The number of carbonyl (C=O) groups is 1. The van der Waals surface area contributed by atoms with Crippen LogP contribution in [0.25, 0.3) is 11.1 Å². The smallest absolute Gasteiger partial charge is 0.311 e. The maximum atomic E-state index is 13.2. The standard InChI is InChI=1S/C25H29N3O7/c29-25-21-15-18(34-13-7-26-3-9-32-10-4-26)1-2-19(21)20-16-23(28(30)31)24(17-22(20)25)35-14-8-27-5-11-33-12-6-27/h1-2,15-17H,3-14H2. The number of nitrogens with zero attached hydrogens (tertiary/aromatic N) is 3. The summed E-state index contributed by atoms with van der Waals surface area (Å²) >= 11 is 0. The average molecular weight is 484 g/mol. The Morgan fingerprint density at radius 1 is 0.800 bits per heavy atom. The zero-order valence-corrected chi connectivity index (χ0v) is 19.6. The molecule has 2 aliphatic heterocycles. The third kappa shape index (κ3) is 5.30. The third-order valence-corrected chi connectivity index (χ3v) is 6.61. The molecule has 2 heterocycles. The van der Waals surface area contributed by atoms with Crippen LogP contribution in [0.5, 0.6) is 11.5 Å². The summed E-state index contributed by atoms with van der Waals surface area (Å²) in [6, 6.07) is 8.28. The SMILES string of the molecule is O=C1c2cc(OCCN3CCOCC3)ccc2-c2cc([N+](=O)[O-])c(OCCN3CCOCC3)cc21. The van der Waals surface area contributed by atoms with Crippen molar-refractivity contribution in [3.63, 3.8) is 0 Å². The van der Waals surface area contributed by atoms with E-state index in [1.165, 1.54) is 12.1 Å². The summed E-state index contributed by atoms with van der Waals surface area (Å²) in [5, 5.41) is 11.8. The molecule has 0 saturated carbocycles. The number of hydrogen-bond acceptors (Lipinski definition) is 9. The highest BCUT2D eigenvalue weighted by molar-refractivity contribution is 6.22. The molecule has 0 spiro atoms. The zero-order valence-electron chi connectivity index (χ0n) is 19.6. The molecule has 10 heteroatoms. The van der Waals surface area contributed by atoms with Crippen molar-refractivity contribution < 1.29 is 28.7 Å². The monoisotopic (exact) mass is 483 g/mol. The van der Waals surface area contributed by atoms with Gasteiger partial charge in [-0.25, -0.2) is 0 Å². The second-order valence-electron chi connectivity index (χ2n) is 8.76. The van der Waals surface area contributed by atoms with E-state index in [0.717, 1.165) is 45.9 Å². The predicted octanol–water partition coefficient (Wildman–Crippen LogP) is 2.23. The summed E-state index contributed by atoms with van der Waals surface area (Å²) in [4.78, 5) is 29.0. The molecule has 0 radical (unpaired) electrons. The number of nitro benzene ring substituents is 1. The Labute approximate surface area is 203 Å². The van der Waals surface area contributed by atoms with Crippen LogP contribution in [0.4, 0.5) is 5.69 Å². The van der Waals surface area contributed by atoms with Gasteiger partial charge in [-0.1, -0.05) is 0 Å². The van der Waals surface area contributed by atoms with Crippen molar-refractivity contribution in [3.8, 4) is 22.6 Å². The molecule has 3 aliphatic rings. The zero-order chi connectivity index (χ0) is 24.2. The molecule has 1 aliphatic carbocycles. The maximum absolute atomic E-state index is 13.2. The molecule has 2 aromatic rings. The largest absolute Gasteiger partial charge is 0.492 e. The van der Waals surface area contributed by atoms with E-state index in [0.29, 0.717) is 61.0 Å². The van der Waals surface area contributed by atoms with Crippen LogP contribution in [0, 0.1) is 10.1 Å². The summed E-state index contributed by atoms with van der Waals surface area (Å²) in [7, 11) is 0. The van der Waals surface area contributed by atoms with E-state index in [4.69, 9.17) is 18.9 Å². The van der Waals surface area contributed by atoms with Crippen molar-refractivity contribution in [2.45, 2.75) is 0 Å². The van der Waals surface area contributed by atoms with E-state index in [1.807, 2.05) is 0 Å². The predicted molar refractivity (Wildman–Crippen MR) is 127 cm³/mol. The van der Waals surface area contributed by atoms with Gasteiger partial charge in [-0.15, -0.1) is 0 Å². The number of fused-ring (bicyclic) bond motifs is 3. The first-order valence-electron chi connectivity index (χ1n) is 12.0. The Morgan fingerprint density at radius 2 is 1.40 bits per heavy atom. The first kappa shape index (κ1) is 23.7. The first-order valence-corrected chi connectivity index (χ1v) is 12.0. The van der Waals surface area contributed by atoms with Gasteiger partial charge in [0.1, 0.15) is 19.0 Å². The lowest BCUT2D eigenvalue weighted by atomic mass is 10.0. The molecule has 2 saturated heterocycles. The van der Waals surface area contributed by atoms with E-state index in [2.05, 4.69) is 9.80 Å². The molecule has 2 aromatic carbocycles. The van der Waals surface area contributed by atoms with Crippen molar-refractivity contribution in [2.75, 3.05) is 78.9 Å². The van der Waals surface area contributed by atoms with Crippen LogP contribution in [-0.4, -0.2) is 99.4 Å². The van der Waals surface area contributed by atoms with Gasteiger partial charge in [-0.05, 0) is 29.8 Å². The number of hydrogen-bond donors (Lipinski definition) is 0. The molecule has 0 unspecified atom stereocenters. The number of nitro groups is 1. The fraction of sp³-hybridized carbons (Fsp3) is 0.480. The average Bonchev–Trinajstić information content (AvgIpc) is 3.15. The summed E-state index contributed by atoms with van der Waals surface area (Å²) in [5.41, 5.74) is 1.99. The fourth-order valence-corrected chi connectivity index (χ4v) is 4.65. The third-order valence-electron chi connectivity index (χ3n) is 6.61. The molecule has 10 nitrogen and oxygen atoms in total. The number of carbonyl (C=O) groups excluding carboxylic acids is 1. The van der Waals surface area contributed by atoms with Crippen LogP contribution >= 0.6 is 0 Å². The van der Waals surface area contributed by atoms with Gasteiger partial charge in [-0.3, -0.25) is 24.7 Å². The van der Waals surface area contributed by atoms with Crippen molar-refractivity contribution in [3.05, 3.63) is 51.6 Å². The van der Waals surface area contributed by atoms with Gasteiger partial charge in [0.25, 0.3) is 0 Å². The second-order valence-corrected chi connectivity index (χ2v) is 8.76. The van der Waals surface area contributed by atoms with E-state index in [1.54, 1.807) is 18.2 Å². The van der Waals surface area contributed by atoms with Crippen LogP contribution in [0.1, 0.15) is 15.9 Å². The van der Waals surface area contributed by atoms with E-state index < -0.39 is 4.92 Å². The lowest BCUT2D eigenvalue weighted by Gasteiger charge is -2.26. The minimum atomic E-state index is -0.462. The normalized spacial score (nSPS) is 18.2. The van der Waals surface area contributed by atoms with Crippen LogP contribution in [0.3, 0.4) is 0 Å². The Kier molecular flexibility index (Phi) is 7.24. The fourth-order valence-electron chi connectivity index (χ4n) is 4.65. The molecule has 0 atom stereocenters. The van der Waals surface area contributed by atoms with Crippen LogP contribution in [0.2, 0.25) is 0 Å². The number of rotatable bonds is 9. The quantitative estimate of drug-likeness (QED) is 0.335. The van der Waals surface area contributed by atoms with Crippen molar-refractivity contribution in [2.24, 2.45) is 0 Å². The van der Waals surface area contributed by atoms with E-state index in [-0.39, 0.29) is 17.2 Å². The van der Waals surface area contributed by atoms with Gasteiger partial charge in [0.2, 0.25) is 0 Å². The van der Waals surface area contributed by atoms with Gasteiger partial charge in [0, 0.05) is 62.0 Å². The molecule has 0 N–H and O–H groups in total. The first-order chi connectivity index (χ1) is 17.1. The summed E-state index contributed by atoms with van der Waals surface area (Å²) in [6.07, 6.45) is 0. The Hall–Kier alpha value is -3.05. The van der Waals surface area contributed by atoms with Crippen molar-refractivity contribution in [1.82, 2.24) is 9.80 Å². The van der Waals surface area contributed by atoms with Gasteiger partial charge < -0.3 is 18.9 Å².